The van der Waals surface area contributed by atoms with Crippen LogP contribution in [0.1, 0.15) is 37.3 Å². The molecule has 0 aliphatic carbocycles. The number of rotatable bonds is 3. The van der Waals surface area contributed by atoms with Crippen molar-refractivity contribution in [3.8, 4) is 0 Å². The number of hydrogen-bond acceptors (Lipinski definition) is 2. The first kappa shape index (κ1) is 13.4. The van der Waals surface area contributed by atoms with Crippen molar-refractivity contribution in [1.82, 2.24) is 4.90 Å². The largest absolute Gasteiger partial charge is 0.329 e. The minimum absolute atomic E-state index is 0.00167. The van der Waals surface area contributed by atoms with E-state index in [1.165, 1.54) is 25.0 Å². The van der Waals surface area contributed by atoms with Crippen LogP contribution < -0.4 is 5.73 Å². The standard InChI is InChI=1S/C14H20F2N2/c15-12-6-5-11(9-13(12)16)14(10-17)18-7-3-1-2-4-8-18/h5-6,9,14H,1-4,7-8,10,17H2. The molecule has 0 aromatic heterocycles. The SMILES string of the molecule is NCC(c1ccc(F)c(F)c1)N1CCCCCC1. The summed E-state index contributed by atoms with van der Waals surface area (Å²) in [4.78, 5) is 2.29. The van der Waals surface area contributed by atoms with E-state index >= 15 is 0 Å². The van der Waals surface area contributed by atoms with Crippen molar-refractivity contribution < 1.29 is 8.78 Å². The highest BCUT2D eigenvalue weighted by Gasteiger charge is 2.21. The van der Waals surface area contributed by atoms with Crippen LogP contribution in [-0.4, -0.2) is 24.5 Å². The Hall–Kier alpha value is -1.00. The van der Waals surface area contributed by atoms with Gasteiger partial charge in [-0.15, -0.1) is 0 Å². The van der Waals surface area contributed by atoms with Gasteiger partial charge in [0.25, 0.3) is 0 Å². The van der Waals surface area contributed by atoms with E-state index in [-0.39, 0.29) is 6.04 Å². The molecule has 0 saturated carbocycles. The van der Waals surface area contributed by atoms with Crippen LogP contribution in [0.25, 0.3) is 0 Å². The van der Waals surface area contributed by atoms with Gasteiger partial charge in [-0.2, -0.15) is 0 Å². The van der Waals surface area contributed by atoms with Gasteiger partial charge in [0.2, 0.25) is 0 Å². The minimum atomic E-state index is -0.801. The Morgan fingerprint density at radius 1 is 1.06 bits per heavy atom. The van der Waals surface area contributed by atoms with E-state index in [4.69, 9.17) is 5.73 Å². The van der Waals surface area contributed by atoms with Crippen LogP contribution in [0.3, 0.4) is 0 Å². The molecular formula is C14H20F2N2. The number of hydrogen-bond donors (Lipinski definition) is 1. The average Bonchev–Trinajstić information content (AvgIpc) is 2.64. The molecule has 1 aromatic rings. The van der Waals surface area contributed by atoms with Crippen LogP contribution in [0, 0.1) is 11.6 Å². The molecule has 0 radical (unpaired) electrons. The quantitative estimate of drug-likeness (QED) is 0.898. The van der Waals surface area contributed by atoms with Gasteiger partial charge in [-0.1, -0.05) is 18.9 Å². The fraction of sp³-hybridized carbons (Fsp3) is 0.571. The normalized spacial score (nSPS) is 19.5. The molecule has 2 nitrogen and oxygen atoms in total. The fourth-order valence-electron chi connectivity index (χ4n) is 2.62. The zero-order valence-electron chi connectivity index (χ0n) is 10.5. The lowest BCUT2D eigenvalue weighted by Crippen LogP contribution is -2.34. The van der Waals surface area contributed by atoms with E-state index in [2.05, 4.69) is 4.90 Å². The van der Waals surface area contributed by atoms with Gasteiger partial charge in [-0.25, -0.2) is 8.78 Å². The average molecular weight is 254 g/mol. The highest BCUT2D eigenvalue weighted by Crippen LogP contribution is 2.24. The Bertz CT molecular complexity index is 387. The van der Waals surface area contributed by atoms with Gasteiger partial charge in [0, 0.05) is 12.6 Å². The molecule has 4 heteroatoms. The Morgan fingerprint density at radius 2 is 1.72 bits per heavy atom. The van der Waals surface area contributed by atoms with Gasteiger partial charge in [-0.05, 0) is 43.6 Å². The maximum atomic E-state index is 13.3. The van der Waals surface area contributed by atoms with Gasteiger partial charge < -0.3 is 5.73 Å². The number of halogens is 2. The van der Waals surface area contributed by atoms with Crippen LogP contribution in [0.5, 0.6) is 0 Å². The van der Waals surface area contributed by atoms with Gasteiger partial charge in [0.15, 0.2) is 11.6 Å². The second-order valence-corrected chi connectivity index (χ2v) is 4.88. The van der Waals surface area contributed by atoms with E-state index in [1.54, 1.807) is 6.07 Å². The Balaban J connectivity index is 2.17. The molecule has 0 amide bonds. The third kappa shape index (κ3) is 3.06. The maximum absolute atomic E-state index is 13.3. The predicted octanol–water partition coefficient (Wildman–Crippen LogP) is 2.84. The van der Waals surface area contributed by atoms with E-state index < -0.39 is 11.6 Å². The van der Waals surface area contributed by atoms with Crippen molar-refractivity contribution in [2.45, 2.75) is 31.7 Å². The number of likely N-dealkylation sites (tertiary alicyclic amines) is 1. The topological polar surface area (TPSA) is 29.3 Å². The summed E-state index contributed by atoms with van der Waals surface area (Å²) in [6.07, 6.45) is 4.79. The van der Waals surface area contributed by atoms with Crippen molar-refractivity contribution in [2.24, 2.45) is 5.73 Å². The molecule has 1 aromatic carbocycles. The molecule has 1 atom stereocenters. The van der Waals surface area contributed by atoms with Crippen LogP contribution >= 0.6 is 0 Å². The maximum Gasteiger partial charge on any atom is 0.159 e. The monoisotopic (exact) mass is 254 g/mol. The molecule has 1 saturated heterocycles. The molecule has 100 valence electrons. The summed E-state index contributed by atoms with van der Waals surface area (Å²) >= 11 is 0. The zero-order chi connectivity index (χ0) is 13.0. The highest BCUT2D eigenvalue weighted by atomic mass is 19.2. The van der Waals surface area contributed by atoms with E-state index in [1.807, 2.05) is 0 Å². The fourth-order valence-corrected chi connectivity index (χ4v) is 2.62. The molecule has 1 aliphatic heterocycles. The van der Waals surface area contributed by atoms with Gasteiger partial charge in [0.1, 0.15) is 0 Å². The number of nitrogens with two attached hydrogens (primary N) is 1. The Labute approximate surface area is 107 Å². The lowest BCUT2D eigenvalue weighted by molar-refractivity contribution is 0.209. The summed E-state index contributed by atoms with van der Waals surface area (Å²) in [6.45, 7) is 2.41. The molecule has 1 aliphatic rings. The highest BCUT2D eigenvalue weighted by molar-refractivity contribution is 5.22. The van der Waals surface area contributed by atoms with Crippen LogP contribution in [0.15, 0.2) is 18.2 Å². The third-order valence-corrected chi connectivity index (χ3v) is 3.63. The Kier molecular flexibility index (Phi) is 4.66. The van der Waals surface area contributed by atoms with Gasteiger partial charge >= 0.3 is 0 Å². The van der Waals surface area contributed by atoms with Crippen LogP contribution in [0.2, 0.25) is 0 Å². The third-order valence-electron chi connectivity index (χ3n) is 3.63. The van der Waals surface area contributed by atoms with Crippen LogP contribution in [0.4, 0.5) is 8.78 Å². The first-order valence-electron chi connectivity index (χ1n) is 6.61. The minimum Gasteiger partial charge on any atom is -0.329 e. The summed E-state index contributed by atoms with van der Waals surface area (Å²) in [5, 5.41) is 0. The zero-order valence-corrected chi connectivity index (χ0v) is 10.5. The van der Waals surface area contributed by atoms with Gasteiger partial charge in [0.05, 0.1) is 0 Å². The van der Waals surface area contributed by atoms with E-state index in [0.717, 1.165) is 31.5 Å². The molecule has 1 heterocycles. The van der Waals surface area contributed by atoms with Crippen molar-refractivity contribution in [3.63, 3.8) is 0 Å². The van der Waals surface area contributed by atoms with Crippen molar-refractivity contribution >= 4 is 0 Å². The summed E-state index contributed by atoms with van der Waals surface area (Å²) in [6, 6.07) is 4.10. The first-order valence-corrected chi connectivity index (χ1v) is 6.61. The van der Waals surface area contributed by atoms with Crippen molar-refractivity contribution in [2.75, 3.05) is 19.6 Å². The molecule has 2 rings (SSSR count). The molecular weight excluding hydrogens is 234 g/mol. The summed E-state index contributed by atoms with van der Waals surface area (Å²) < 4.78 is 26.2. The molecule has 18 heavy (non-hydrogen) atoms. The molecule has 0 bridgehead atoms. The number of benzene rings is 1. The Morgan fingerprint density at radius 3 is 2.28 bits per heavy atom. The molecule has 0 spiro atoms. The lowest BCUT2D eigenvalue weighted by atomic mass is 10.0. The second-order valence-electron chi connectivity index (χ2n) is 4.88. The summed E-state index contributed by atoms with van der Waals surface area (Å²) in [5.74, 6) is -1.59. The predicted molar refractivity (Wildman–Crippen MR) is 68.2 cm³/mol. The molecule has 2 N–H and O–H groups in total. The summed E-state index contributed by atoms with van der Waals surface area (Å²) in [5.41, 5.74) is 6.59. The van der Waals surface area contributed by atoms with Crippen molar-refractivity contribution in [3.05, 3.63) is 35.4 Å². The second kappa shape index (κ2) is 6.25. The van der Waals surface area contributed by atoms with Crippen LogP contribution in [-0.2, 0) is 0 Å². The number of nitrogens with zero attached hydrogens (tertiary/aromatic N) is 1. The van der Waals surface area contributed by atoms with Gasteiger partial charge in [-0.3, -0.25) is 4.90 Å². The smallest absolute Gasteiger partial charge is 0.159 e. The summed E-state index contributed by atoms with van der Waals surface area (Å²) in [7, 11) is 0. The van der Waals surface area contributed by atoms with E-state index in [0.29, 0.717) is 6.54 Å². The lowest BCUT2D eigenvalue weighted by Gasteiger charge is -2.30. The van der Waals surface area contributed by atoms with E-state index in [9.17, 15) is 8.78 Å². The van der Waals surface area contributed by atoms with Crippen molar-refractivity contribution in [1.29, 1.82) is 0 Å². The molecule has 1 fully saturated rings. The first-order chi connectivity index (χ1) is 8.72. The molecule has 1 unspecified atom stereocenters.